The highest BCUT2D eigenvalue weighted by atomic mass is 32.1. The molecule has 7 nitrogen and oxygen atoms in total. The van der Waals surface area contributed by atoms with Crippen molar-refractivity contribution in [3.63, 3.8) is 0 Å². The van der Waals surface area contributed by atoms with Crippen LogP contribution in [0.15, 0.2) is 23.6 Å². The largest absolute Gasteiger partial charge is 0.325 e. The predicted octanol–water partition coefficient (Wildman–Crippen LogP) is 3.35. The Labute approximate surface area is 173 Å². The molecule has 2 N–H and O–H groups in total. The third kappa shape index (κ3) is 3.53. The minimum atomic E-state index is -0.903. The first-order valence-corrected chi connectivity index (χ1v) is 10.9. The van der Waals surface area contributed by atoms with Gasteiger partial charge in [-0.3, -0.25) is 14.5 Å². The summed E-state index contributed by atoms with van der Waals surface area (Å²) in [7, 11) is 0. The van der Waals surface area contributed by atoms with Crippen molar-refractivity contribution in [3.8, 4) is 11.3 Å². The molecule has 4 rings (SSSR count). The molecule has 8 heteroatoms. The average molecular weight is 413 g/mol. The highest BCUT2D eigenvalue weighted by Crippen LogP contribution is 2.30. The smallest absolute Gasteiger partial charge is 0.323 e. The van der Waals surface area contributed by atoms with Crippen LogP contribution in [0.25, 0.3) is 11.3 Å². The molecule has 1 aromatic heterocycles. The average Bonchev–Trinajstić information content (AvgIpc) is 3.42. The van der Waals surface area contributed by atoms with Crippen LogP contribution in [0.1, 0.15) is 44.2 Å². The van der Waals surface area contributed by atoms with Gasteiger partial charge in [-0.1, -0.05) is 26.0 Å². The molecule has 1 fully saturated rings. The Bertz CT molecular complexity index is 980. The second-order valence-electron chi connectivity index (χ2n) is 7.53. The first-order valence-electron chi connectivity index (χ1n) is 9.97. The van der Waals surface area contributed by atoms with E-state index in [2.05, 4.69) is 33.8 Å². The van der Waals surface area contributed by atoms with Gasteiger partial charge in [-0.2, -0.15) is 0 Å². The van der Waals surface area contributed by atoms with Gasteiger partial charge in [0.1, 0.15) is 12.1 Å². The first-order chi connectivity index (χ1) is 14.0. The minimum absolute atomic E-state index is 0.319. The Hall–Kier alpha value is -2.74. The summed E-state index contributed by atoms with van der Waals surface area (Å²) in [4.78, 5) is 42.7. The normalized spacial score (nSPS) is 17.4. The van der Waals surface area contributed by atoms with Crippen LogP contribution >= 0.6 is 11.3 Å². The van der Waals surface area contributed by atoms with Gasteiger partial charge in [0.25, 0.3) is 5.91 Å². The zero-order chi connectivity index (χ0) is 20.6. The van der Waals surface area contributed by atoms with Crippen molar-refractivity contribution < 1.29 is 14.4 Å². The topological polar surface area (TPSA) is 91.4 Å². The Morgan fingerprint density at radius 1 is 1.24 bits per heavy atom. The Balaban J connectivity index is 1.42. The van der Waals surface area contributed by atoms with Gasteiger partial charge >= 0.3 is 6.03 Å². The van der Waals surface area contributed by atoms with E-state index in [4.69, 9.17) is 0 Å². The van der Waals surface area contributed by atoms with Crippen LogP contribution in [-0.4, -0.2) is 39.8 Å². The van der Waals surface area contributed by atoms with Crippen LogP contribution in [0.2, 0.25) is 0 Å². The number of anilines is 1. The van der Waals surface area contributed by atoms with E-state index < -0.39 is 17.5 Å². The fourth-order valence-electron chi connectivity index (χ4n) is 4.05. The molecule has 2 aliphatic rings. The van der Waals surface area contributed by atoms with Gasteiger partial charge in [-0.05, 0) is 49.3 Å². The quantitative estimate of drug-likeness (QED) is 0.712. The van der Waals surface area contributed by atoms with Crippen molar-refractivity contribution in [1.29, 1.82) is 0 Å². The molecule has 29 heavy (non-hydrogen) atoms. The van der Waals surface area contributed by atoms with Crippen LogP contribution in [0.4, 0.5) is 9.93 Å². The maximum atomic E-state index is 12.6. The van der Waals surface area contributed by atoms with E-state index in [9.17, 15) is 14.4 Å². The SMILES string of the molecule is CCC1(CC)NC(=O)N(CC(=O)Nc2nc(-c3ccc4c(c3)CCC4)cs2)C1=O. The second kappa shape index (κ2) is 7.59. The summed E-state index contributed by atoms with van der Waals surface area (Å²) in [6.07, 6.45) is 4.40. The molecular formula is C21H24N4O3S. The van der Waals surface area contributed by atoms with Crippen LogP contribution < -0.4 is 10.6 Å². The number of carbonyl (C=O) groups is 3. The van der Waals surface area contributed by atoms with E-state index in [0.717, 1.165) is 29.0 Å². The van der Waals surface area contributed by atoms with E-state index >= 15 is 0 Å². The number of rotatable bonds is 6. The summed E-state index contributed by atoms with van der Waals surface area (Å²) < 4.78 is 0. The number of hydrogen-bond donors (Lipinski definition) is 2. The molecule has 4 amide bonds. The molecule has 0 atom stereocenters. The molecule has 0 radical (unpaired) electrons. The highest BCUT2D eigenvalue weighted by Gasteiger charge is 2.49. The number of aromatic nitrogens is 1. The number of nitrogens with zero attached hydrogens (tertiary/aromatic N) is 2. The van der Waals surface area contributed by atoms with Gasteiger partial charge in [0.2, 0.25) is 5.91 Å². The molecule has 1 saturated heterocycles. The van der Waals surface area contributed by atoms with Crippen LogP contribution in [-0.2, 0) is 22.4 Å². The second-order valence-corrected chi connectivity index (χ2v) is 8.39. The van der Waals surface area contributed by atoms with Gasteiger partial charge in [0, 0.05) is 10.9 Å². The zero-order valence-electron chi connectivity index (χ0n) is 16.6. The van der Waals surface area contributed by atoms with Crippen LogP contribution in [0.3, 0.4) is 0 Å². The van der Waals surface area contributed by atoms with Crippen molar-refractivity contribution >= 4 is 34.3 Å². The number of amides is 4. The number of imide groups is 1. The lowest BCUT2D eigenvalue weighted by molar-refractivity contribution is -0.134. The molecule has 0 bridgehead atoms. The number of hydrogen-bond acceptors (Lipinski definition) is 5. The Morgan fingerprint density at radius 3 is 2.72 bits per heavy atom. The minimum Gasteiger partial charge on any atom is -0.323 e. The molecular weight excluding hydrogens is 388 g/mol. The van der Waals surface area contributed by atoms with Gasteiger partial charge in [-0.25, -0.2) is 9.78 Å². The molecule has 2 aromatic rings. The lowest BCUT2D eigenvalue weighted by Gasteiger charge is -2.22. The lowest BCUT2D eigenvalue weighted by atomic mass is 9.93. The van der Waals surface area contributed by atoms with Gasteiger partial charge in [0.05, 0.1) is 5.69 Å². The predicted molar refractivity (Wildman–Crippen MR) is 112 cm³/mol. The molecule has 0 spiro atoms. The molecule has 152 valence electrons. The summed E-state index contributed by atoms with van der Waals surface area (Å²) in [5, 5.41) is 7.79. The van der Waals surface area contributed by atoms with Crippen molar-refractivity contribution in [2.45, 2.75) is 51.5 Å². The molecule has 2 heterocycles. The summed E-state index contributed by atoms with van der Waals surface area (Å²) >= 11 is 1.33. The first kappa shape index (κ1) is 19.6. The fourth-order valence-corrected chi connectivity index (χ4v) is 4.78. The van der Waals surface area contributed by atoms with E-state index in [1.54, 1.807) is 0 Å². The van der Waals surface area contributed by atoms with E-state index in [0.29, 0.717) is 18.0 Å². The number of thiazole rings is 1. The Kier molecular flexibility index (Phi) is 5.12. The Morgan fingerprint density at radius 2 is 2.00 bits per heavy atom. The third-order valence-corrected chi connectivity index (χ3v) is 6.66. The van der Waals surface area contributed by atoms with Gasteiger partial charge in [-0.15, -0.1) is 11.3 Å². The fraction of sp³-hybridized carbons (Fsp3) is 0.429. The maximum Gasteiger partial charge on any atom is 0.325 e. The molecule has 0 unspecified atom stereocenters. The van der Waals surface area contributed by atoms with Gasteiger partial charge in [0.15, 0.2) is 5.13 Å². The standard InChI is InChI=1S/C21H24N4O3S/c1-3-21(4-2)18(27)25(20(28)24-21)11-17(26)23-19-22-16(12-29-19)15-9-8-13-6-5-7-14(13)10-15/h8-10,12H,3-7,11H2,1-2H3,(H,24,28)(H,22,23,26). The number of carbonyl (C=O) groups excluding carboxylic acids is 3. The monoisotopic (exact) mass is 412 g/mol. The number of nitrogens with one attached hydrogen (secondary N) is 2. The molecule has 1 aliphatic heterocycles. The van der Waals surface area contributed by atoms with Crippen molar-refractivity contribution in [1.82, 2.24) is 15.2 Å². The van der Waals surface area contributed by atoms with E-state index in [-0.39, 0.29) is 12.5 Å². The molecule has 0 saturated carbocycles. The van der Waals surface area contributed by atoms with Crippen molar-refractivity contribution in [3.05, 3.63) is 34.7 Å². The zero-order valence-corrected chi connectivity index (χ0v) is 17.4. The maximum absolute atomic E-state index is 12.6. The third-order valence-electron chi connectivity index (χ3n) is 5.90. The van der Waals surface area contributed by atoms with E-state index in [1.807, 2.05) is 19.2 Å². The van der Waals surface area contributed by atoms with Crippen LogP contribution in [0.5, 0.6) is 0 Å². The summed E-state index contributed by atoms with van der Waals surface area (Å²) in [5.41, 5.74) is 3.72. The van der Waals surface area contributed by atoms with Gasteiger partial charge < -0.3 is 10.6 Å². The highest BCUT2D eigenvalue weighted by molar-refractivity contribution is 7.14. The van der Waals surface area contributed by atoms with E-state index in [1.165, 1.54) is 28.9 Å². The summed E-state index contributed by atoms with van der Waals surface area (Å²) in [6.45, 7) is 3.38. The summed E-state index contributed by atoms with van der Waals surface area (Å²) in [6, 6.07) is 5.87. The number of benzene rings is 1. The molecule has 1 aromatic carbocycles. The lowest BCUT2D eigenvalue weighted by Crippen LogP contribution is -2.46. The van der Waals surface area contributed by atoms with Crippen LogP contribution in [0, 0.1) is 0 Å². The molecule has 1 aliphatic carbocycles. The van der Waals surface area contributed by atoms with Crippen molar-refractivity contribution in [2.24, 2.45) is 0 Å². The van der Waals surface area contributed by atoms with Crippen molar-refractivity contribution in [2.75, 3.05) is 11.9 Å². The number of urea groups is 1. The summed E-state index contributed by atoms with van der Waals surface area (Å²) in [5.74, 6) is -0.785. The number of fused-ring (bicyclic) bond motifs is 1. The number of aryl methyl sites for hydroxylation is 2.